The fourth-order valence-corrected chi connectivity index (χ4v) is 5.93. The van der Waals surface area contributed by atoms with Crippen LogP contribution in [0, 0.1) is 13.8 Å². The summed E-state index contributed by atoms with van der Waals surface area (Å²) in [6.07, 6.45) is 0. The molecule has 0 N–H and O–H groups in total. The lowest BCUT2D eigenvalue weighted by Gasteiger charge is -2.19. The number of carbonyl (C=O) groups excluding carboxylic acids is 1. The molecule has 0 unspecified atom stereocenters. The number of methoxy groups -OCH3 is 1. The molecule has 0 radical (unpaired) electrons. The first-order chi connectivity index (χ1) is 25.5. The molecule has 7 rings (SSSR count). The van der Waals surface area contributed by atoms with Crippen LogP contribution in [-0.4, -0.2) is 27.8 Å². The van der Waals surface area contributed by atoms with Crippen molar-refractivity contribution >= 4 is 5.97 Å². The standard InChI is InChI=1S/C43H37N3O6/c1-29-19-20-30(2)46(29)37-25-34(21-22-35(37)43(47)48-3)41-44-45-42(52-41)36-23-24-38(49-26-31-13-7-4-8-14-31)40(51-28-33-17-11-6-12-18-33)39(36)50-27-32-15-9-5-10-16-32/h4-25H,26-28H2,1-3H3. The Kier molecular flexibility index (Phi) is 10.1. The number of aryl methyl sites for hydroxylation is 2. The van der Waals surface area contributed by atoms with Crippen LogP contribution in [0.1, 0.15) is 38.4 Å². The first kappa shape index (κ1) is 33.9. The van der Waals surface area contributed by atoms with Gasteiger partial charge in [-0.15, -0.1) is 10.2 Å². The molecule has 0 amide bonds. The number of rotatable bonds is 13. The molecule has 2 aromatic heterocycles. The lowest BCUT2D eigenvalue weighted by atomic mass is 10.1. The van der Waals surface area contributed by atoms with Gasteiger partial charge in [-0.25, -0.2) is 4.79 Å². The van der Waals surface area contributed by atoms with Crippen molar-refractivity contribution in [2.24, 2.45) is 0 Å². The quantitative estimate of drug-likeness (QED) is 0.110. The maximum atomic E-state index is 12.8. The number of esters is 1. The van der Waals surface area contributed by atoms with Gasteiger partial charge in [-0.3, -0.25) is 0 Å². The highest BCUT2D eigenvalue weighted by atomic mass is 16.5. The van der Waals surface area contributed by atoms with Gasteiger partial charge in [0.25, 0.3) is 5.89 Å². The maximum Gasteiger partial charge on any atom is 0.339 e. The van der Waals surface area contributed by atoms with E-state index < -0.39 is 5.97 Å². The second-order valence-electron chi connectivity index (χ2n) is 12.2. The van der Waals surface area contributed by atoms with E-state index in [0.29, 0.717) is 46.2 Å². The van der Waals surface area contributed by atoms with Crippen LogP contribution in [0.4, 0.5) is 0 Å². The minimum absolute atomic E-state index is 0.226. The molecule has 0 aliphatic carbocycles. The van der Waals surface area contributed by atoms with Crippen LogP contribution < -0.4 is 14.2 Å². The summed E-state index contributed by atoms with van der Waals surface area (Å²) in [5.74, 6) is 1.37. The fraction of sp³-hybridized carbons (Fsp3) is 0.140. The number of hydrogen-bond acceptors (Lipinski definition) is 8. The van der Waals surface area contributed by atoms with E-state index in [-0.39, 0.29) is 25.0 Å². The highest BCUT2D eigenvalue weighted by molar-refractivity contribution is 5.94. The van der Waals surface area contributed by atoms with Crippen molar-refractivity contribution in [3.63, 3.8) is 0 Å². The summed E-state index contributed by atoms with van der Waals surface area (Å²) in [5.41, 5.74) is 7.11. The first-order valence-corrected chi connectivity index (χ1v) is 16.9. The molecule has 0 aliphatic heterocycles. The first-order valence-electron chi connectivity index (χ1n) is 16.9. The molecule has 0 atom stereocenters. The van der Waals surface area contributed by atoms with Gasteiger partial charge in [0.1, 0.15) is 19.8 Å². The van der Waals surface area contributed by atoms with Gasteiger partial charge in [0.2, 0.25) is 11.6 Å². The van der Waals surface area contributed by atoms with Gasteiger partial charge in [-0.05, 0) is 73.0 Å². The molecule has 9 heteroatoms. The topological polar surface area (TPSA) is 97.8 Å². The zero-order chi connectivity index (χ0) is 35.9. The minimum atomic E-state index is -0.446. The van der Waals surface area contributed by atoms with Crippen LogP contribution in [0.3, 0.4) is 0 Å². The van der Waals surface area contributed by atoms with Crippen LogP contribution in [-0.2, 0) is 24.6 Å². The summed E-state index contributed by atoms with van der Waals surface area (Å²) in [4.78, 5) is 12.8. The van der Waals surface area contributed by atoms with E-state index in [1.54, 1.807) is 12.1 Å². The van der Waals surface area contributed by atoms with Gasteiger partial charge >= 0.3 is 5.97 Å². The van der Waals surface area contributed by atoms with Crippen LogP contribution in [0.5, 0.6) is 17.2 Å². The Bertz CT molecular complexity index is 2260. The predicted molar refractivity (Wildman–Crippen MR) is 198 cm³/mol. The molecule has 0 fully saturated rings. The third-order valence-corrected chi connectivity index (χ3v) is 8.58. The van der Waals surface area contributed by atoms with Gasteiger partial charge in [0, 0.05) is 17.0 Å². The van der Waals surface area contributed by atoms with Gasteiger partial charge in [-0.2, -0.15) is 0 Å². The highest BCUT2D eigenvalue weighted by Gasteiger charge is 2.25. The normalized spacial score (nSPS) is 10.9. The van der Waals surface area contributed by atoms with Crippen LogP contribution in [0.15, 0.2) is 138 Å². The van der Waals surface area contributed by atoms with Crippen molar-refractivity contribution in [2.45, 2.75) is 33.7 Å². The number of nitrogens with zero attached hydrogens (tertiary/aromatic N) is 3. The van der Waals surface area contributed by atoms with Crippen molar-refractivity contribution < 1.29 is 28.2 Å². The lowest BCUT2D eigenvalue weighted by molar-refractivity contribution is 0.0600. The molecule has 0 saturated heterocycles. The number of aromatic nitrogens is 3. The van der Waals surface area contributed by atoms with E-state index in [4.69, 9.17) is 23.4 Å². The van der Waals surface area contributed by atoms with E-state index >= 15 is 0 Å². The van der Waals surface area contributed by atoms with Crippen molar-refractivity contribution in [3.8, 4) is 45.8 Å². The average Bonchev–Trinajstić information content (AvgIpc) is 3.82. The summed E-state index contributed by atoms with van der Waals surface area (Å²) in [6, 6.07) is 42.7. The van der Waals surface area contributed by atoms with Gasteiger partial charge in [0.15, 0.2) is 11.5 Å². The highest BCUT2D eigenvalue weighted by Crippen LogP contribution is 2.46. The third-order valence-electron chi connectivity index (χ3n) is 8.58. The molecule has 2 heterocycles. The van der Waals surface area contributed by atoms with E-state index in [1.807, 2.05) is 140 Å². The molecule has 0 aliphatic rings. The molecule has 0 bridgehead atoms. The van der Waals surface area contributed by atoms with Gasteiger partial charge in [0.05, 0.1) is 23.9 Å². The number of benzene rings is 5. The van der Waals surface area contributed by atoms with E-state index in [1.165, 1.54) is 7.11 Å². The van der Waals surface area contributed by atoms with Gasteiger partial charge < -0.3 is 27.9 Å². The fourth-order valence-electron chi connectivity index (χ4n) is 5.93. The van der Waals surface area contributed by atoms with E-state index in [0.717, 1.165) is 28.1 Å². The van der Waals surface area contributed by atoms with Crippen molar-refractivity contribution in [1.82, 2.24) is 14.8 Å². The monoisotopic (exact) mass is 691 g/mol. The summed E-state index contributed by atoms with van der Waals surface area (Å²) in [7, 11) is 1.37. The lowest BCUT2D eigenvalue weighted by Crippen LogP contribution is -2.10. The van der Waals surface area contributed by atoms with Crippen LogP contribution >= 0.6 is 0 Å². The number of carbonyl (C=O) groups is 1. The maximum absolute atomic E-state index is 12.8. The predicted octanol–water partition coefficient (Wildman–Crippen LogP) is 9.33. The molecule has 5 aromatic carbocycles. The molecule has 0 saturated carbocycles. The smallest absolute Gasteiger partial charge is 0.339 e. The number of ether oxygens (including phenoxy) is 4. The summed E-state index contributed by atoms with van der Waals surface area (Å²) in [5, 5.41) is 8.91. The largest absolute Gasteiger partial charge is 0.485 e. The Morgan fingerprint density at radius 1 is 0.615 bits per heavy atom. The Hall–Kier alpha value is -6.61. The molecule has 260 valence electrons. The SMILES string of the molecule is COC(=O)c1ccc(-c2nnc(-c3ccc(OCc4ccccc4)c(OCc4ccccc4)c3OCc3ccccc3)o2)cc1-n1c(C)ccc1C. The molecule has 52 heavy (non-hydrogen) atoms. The zero-order valence-corrected chi connectivity index (χ0v) is 29.1. The average molecular weight is 692 g/mol. The van der Waals surface area contributed by atoms with Crippen LogP contribution in [0.2, 0.25) is 0 Å². The molecule has 7 aromatic rings. The minimum Gasteiger partial charge on any atom is -0.485 e. The van der Waals surface area contributed by atoms with Crippen molar-refractivity contribution in [1.29, 1.82) is 0 Å². The third kappa shape index (κ3) is 7.44. The second-order valence-corrected chi connectivity index (χ2v) is 12.2. The van der Waals surface area contributed by atoms with Crippen molar-refractivity contribution in [2.75, 3.05) is 7.11 Å². The van der Waals surface area contributed by atoms with Crippen LogP contribution in [0.25, 0.3) is 28.6 Å². The second kappa shape index (κ2) is 15.5. The van der Waals surface area contributed by atoms with E-state index in [9.17, 15) is 4.79 Å². The Morgan fingerprint density at radius 3 is 1.73 bits per heavy atom. The summed E-state index contributed by atoms with van der Waals surface area (Å²) in [6.45, 7) is 4.82. The Labute approximate surface area is 302 Å². The van der Waals surface area contributed by atoms with Gasteiger partial charge in [-0.1, -0.05) is 91.0 Å². The molecule has 9 nitrogen and oxygen atoms in total. The summed E-state index contributed by atoms with van der Waals surface area (Å²) >= 11 is 0. The Balaban J connectivity index is 1.30. The molecular formula is C43H37N3O6. The Morgan fingerprint density at radius 2 is 1.15 bits per heavy atom. The number of hydrogen-bond donors (Lipinski definition) is 0. The van der Waals surface area contributed by atoms with Crippen molar-refractivity contribution in [3.05, 3.63) is 167 Å². The zero-order valence-electron chi connectivity index (χ0n) is 29.1. The summed E-state index contributed by atoms with van der Waals surface area (Å²) < 4.78 is 32.9. The van der Waals surface area contributed by atoms with E-state index in [2.05, 4.69) is 10.2 Å². The molecular weight excluding hydrogens is 654 g/mol. The molecule has 0 spiro atoms.